The van der Waals surface area contributed by atoms with Gasteiger partial charge in [-0.1, -0.05) is 0 Å². The maximum atomic E-state index is 10.4. The second kappa shape index (κ2) is 15.7. The first-order chi connectivity index (χ1) is 14.4. The summed E-state index contributed by atoms with van der Waals surface area (Å²) in [7, 11) is -5.90. The molecule has 0 aliphatic rings. The Balaban J connectivity index is -0.000000529. The monoisotopic (exact) mass is 518 g/mol. The van der Waals surface area contributed by atoms with E-state index in [1.807, 2.05) is 0 Å². The number of aliphatic hydroxyl groups excluding tert-OH is 8. The molecule has 0 fully saturated rings. The topological polar surface area (TPSA) is 363 Å². The van der Waals surface area contributed by atoms with Gasteiger partial charge in [-0.05, 0) is 0 Å². The van der Waals surface area contributed by atoms with E-state index in [1.165, 1.54) is 0 Å². The quantitative estimate of drug-likeness (QED) is 0.107. The molecule has 0 unspecified atom stereocenters. The molecule has 8 atom stereocenters. The van der Waals surface area contributed by atoms with Crippen molar-refractivity contribution in [2.45, 2.75) is 47.6 Å². The van der Waals surface area contributed by atoms with Gasteiger partial charge in [0.25, 0.3) is 0 Å². The van der Waals surface area contributed by atoms with Crippen LogP contribution in [0.4, 0.5) is 0 Å². The second-order valence-electron chi connectivity index (χ2n) is 6.34. The van der Waals surface area contributed by atoms with Crippen molar-refractivity contribution in [1.82, 2.24) is 0 Å². The van der Waals surface area contributed by atoms with Crippen molar-refractivity contribution in [3.8, 4) is 0 Å². The normalized spacial score (nSPS) is 20.1. The molecule has 0 aliphatic heterocycles. The number of carbonyl (C=O) groups is 2. The van der Waals surface area contributed by atoms with Crippen molar-refractivity contribution >= 4 is 63.9 Å². The van der Waals surface area contributed by atoms with Gasteiger partial charge in [0.2, 0.25) is 0 Å². The molecular formula is C12H24B2CaO18. The van der Waals surface area contributed by atoms with Crippen molar-refractivity contribution in [1.29, 1.82) is 0 Å². The molecule has 0 aromatic rings. The Morgan fingerprint density at radius 1 is 0.667 bits per heavy atom. The van der Waals surface area contributed by atoms with E-state index in [2.05, 4.69) is 0 Å². The number of aliphatic hydroxyl groups is 10. The summed E-state index contributed by atoms with van der Waals surface area (Å²) in [6.45, 7) is -2.08. The van der Waals surface area contributed by atoms with Gasteiger partial charge in [-0.3, -0.25) is 0 Å². The number of carbonyl (C=O) groups excluding carboxylic acids is 2. The summed E-state index contributed by atoms with van der Waals surface area (Å²) in [5.74, 6) is -4.92. The van der Waals surface area contributed by atoms with Crippen LogP contribution in [0.25, 0.3) is 0 Å². The molecule has 14 N–H and O–H groups in total. The molecule has 0 radical (unpaired) electrons. The zero-order valence-corrected chi connectivity index (χ0v) is 18.8. The van der Waals surface area contributed by atoms with Crippen LogP contribution in [-0.2, 0) is 9.59 Å². The molecule has 33 heavy (non-hydrogen) atoms. The third-order valence-corrected chi connectivity index (χ3v) is 4.15. The predicted octanol–water partition coefficient (Wildman–Crippen LogP) is -13.3. The van der Waals surface area contributed by atoms with E-state index < -0.39 is 87.0 Å². The first kappa shape index (κ1) is 37.3. The van der Waals surface area contributed by atoms with Gasteiger partial charge < -0.3 is 91.0 Å². The van der Waals surface area contributed by atoms with Gasteiger partial charge in [0.05, 0.1) is 25.2 Å². The average Bonchev–Trinajstić information content (AvgIpc) is 2.74. The van der Waals surface area contributed by atoms with Gasteiger partial charge in [-0.15, -0.1) is 0 Å². The summed E-state index contributed by atoms with van der Waals surface area (Å²) >= 11 is 0. The van der Waals surface area contributed by atoms with Gasteiger partial charge >= 0.3 is 52.0 Å². The van der Waals surface area contributed by atoms with E-state index in [9.17, 15) is 30.0 Å². The number of aliphatic carboxylic acids is 2. The molecule has 0 aliphatic carbocycles. The Kier molecular flexibility index (Phi) is 17.8. The molecule has 21 heteroatoms. The molecule has 0 rings (SSSR count). The fourth-order valence-corrected chi connectivity index (χ4v) is 1.92. The fourth-order valence-electron chi connectivity index (χ4n) is 1.92. The van der Waals surface area contributed by atoms with E-state index in [-0.39, 0.29) is 37.7 Å². The molecule has 0 saturated heterocycles. The van der Waals surface area contributed by atoms with Gasteiger partial charge in [0.1, 0.15) is 36.6 Å². The number of hydrogen-bond donors (Lipinski definition) is 14. The minimum absolute atomic E-state index is 0. The number of rotatable bonds is 12. The zero-order valence-electron chi connectivity index (χ0n) is 16.6. The summed E-state index contributed by atoms with van der Waals surface area (Å²) in [6, 6.07) is 0. The minimum atomic E-state index is -3.59. The van der Waals surface area contributed by atoms with Gasteiger partial charge in [-0.2, -0.15) is 0 Å². The number of carboxylic acid groups (broad SMARTS) is 2. The van der Waals surface area contributed by atoms with Crippen LogP contribution in [0.15, 0.2) is 0 Å². The molecule has 18 nitrogen and oxygen atoms in total. The van der Waals surface area contributed by atoms with E-state index in [0.717, 1.165) is 0 Å². The summed E-state index contributed by atoms with van der Waals surface area (Å²) in [5, 5.41) is 145. The summed E-state index contributed by atoms with van der Waals surface area (Å²) in [5.41, 5.74) is -7.18. The SMILES string of the molecule is O=C([O-])[C@@](O)(B(O)O)[C@@H](O)[C@H](O)[C@H](O)CO.O=C([O-])[C@@](O)(B(O)O)[C@@H](O)[C@H](O)[C@H](O)CO.[Ca+2]. The van der Waals surface area contributed by atoms with E-state index in [0.29, 0.717) is 0 Å². The molecule has 0 bridgehead atoms. The Labute approximate surface area is 215 Å². The van der Waals surface area contributed by atoms with Gasteiger partial charge in [0, 0.05) is 0 Å². The molecule has 188 valence electrons. The summed E-state index contributed by atoms with van der Waals surface area (Å²) < 4.78 is 0. The van der Waals surface area contributed by atoms with E-state index in [4.69, 9.17) is 60.9 Å². The largest absolute Gasteiger partial charge is 2.00 e. The third kappa shape index (κ3) is 9.05. The molecule has 0 amide bonds. The van der Waals surface area contributed by atoms with Crippen LogP contribution in [0.3, 0.4) is 0 Å². The molecule has 0 heterocycles. The number of carboxylic acids is 2. The Morgan fingerprint density at radius 3 is 1.00 bits per heavy atom. The maximum Gasteiger partial charge on any atom is 2.00 e. The van der Waals surface area contributed by atoms with Crippen LogP contribution < -0.4 is 10.2 Å². The van der Waals surface area contributed by atoms with Crippen LogP contribution in [-0.4, -0.2) is 196 Å². The minimum Gasteiger partial charge on any atom is -0.547 e. The standard InChI is InChI=1S/2C6H13BO9.Ca/c2*8-1-2(9)3(10)4(11)6(14,5(12)13)7(15)16;/h2*2-4,8-11,14-16H,1H2,(H,12,13);/q;;+2/p-2/t2*2-,3-,4+,6-;/m11./s1. The predicted molar refractivity (Wildman–Crippen MR) is 96.3 cm³/mol. The van der Waals surface area contributed by atoms with Crippen LogP contribution >= 0.6 is 0 Å². The van der Waals surface area contributed by atoms with Crippen molar-refractivity contribution < 1.29 is 91.0 Å². The van der Waals surface area contributed by atoms with Crippen molar-refractivity contribution in [3.63, 3.8) is 0 Å². The van der Waals surface area contributed by atoms with Crippen molar-refractivity contribution in [2.24, 2.45) is 0 Å². The molecular weight excluding hydrogens is 494 g/mol. The van der Waals surface area contributed by atoms with Crippen molar-refractivity contribution in [2.75, 3.05) is 13.2 Å². The smallest absolute Gasteiger partial charge is 0.547 e. The van der Waals surface area contributed by atoms with Crippen LogP contribution in [0, 0.1) is 0 Å². The Morgan fingerprint density at radius 2 is 0.879 bits per heavy atom. The van der Waals surface area contributed by atoms with E-state index >= 15 is 0 Å². The molecule has 0 saturated carbocycles. The first-order valence-electron chi connectivity index (χ1n) is 8.28. The van der Waals surface area contributed by atoms with Crippen LogP contribution in [0.2, 0.25) is 0 Å². The average molecular weight is 518 g/mol. The van der Waals surface area contributed by atoms with Crippen LogP contribution in [0.1, 0.15) is 0 Å². The Hall–Kier alpha value is -0.230. The molecule has 0 spiro atoms. The summed E-state index contributed by atoms with van der Waals surface area (Å²) in [6.07, 6.45) is -13.9. The third-order valence-electron chi connectivity index (χ3n) is 4.15. The zero-order chi connectivity index (χ0) is 26.2. The van der Waals surface area contributed by atoms with Gasteiger partial charge in [0.15, 0.2) is 11.0 Å². The van der Waals surface area contributed by atoms with Gasteiger partial charge in [-0.25, -0.2) is 0 Å². The Bertz CT molecular complexity index is 549. The van der Waals surface area contributed by atoms with E-state index in [1.54, 1.807) is 0 Å². The summed E-state index contributed by atoms with van der Waals surface area (Å²) in [4.78, 5) is 20.8. The maximum absolute atomic E-state index is 10.4. The number of hydrogen-bond acceptors (Lipinski definition) is 18. The molecule has 0 aromatic heterocycles. The second-order valence-corrected chi connectivity index (χ2v) is 6.34. The van der Waals surface area contributed by atoms with Crippen LogP contribution in [0.5, 0.6) is 0 Å². The first-order valence-corrected chi connectivity index (χ1v) is 8.28. The van der Waals surface area contributed by atoms with Crippen molar-refractivity contribution in [3.05, 3.63) is 0 Å². The molecule has 0 aromatic carbocycles. The fraction of sp³-hybridized carbons (Fsp3) is 0.833.